The Bertz CT molecular complexity index is 898. The largest absolute Gasteiger partial charge is 0.506 e. The molecule has 0 atom stereocenters. The number of benzene rings is 1. The summed E-state index contributed by atoms with van der Waals surface area (Å²) in [5.74, 6) is -2.58. The van der Waals surface area contributed by atoms with Gasteiger partial charge in [0.2, 0.25) is 0 Å². The molecule has 0 aromatic heterocycles. The number of aliphatic hydroxyl groups is 1. The molecule has 1 aromatic rings. The summed E-state index contributed by atoms with van der Waals surface area (Å²) in [5.41, 5.74) is -1.12. The third-order valence-corrected chi connectivity index (χ3v) is 4.15. The highest BCUT2D eigenvalue weighted by Crippen LogP contribution is 2.39. The second-order valence-electron chi connectivity index (χ2n) is 7.82. The van der Waals surface area contributed by atoms with E-state index in [1.54, 1.807) is 34.6 Å². The molecule has 1 aromatic carbocycles. The highest BCUT2D eigenvalue weighted by atomic mass is 16.6. The molecule has 0 saturated heterocycles. The van der Waals surface area contributed by atoms with Gasteiger partial charge in [0.25, 0.3) is 5.91 Å². The van der Waals surface area contributed by atoms with Gasteiger partial charge in [0.1, 0.15) is 23.5 Å². The fourth-order valence-corrected chi connectivity index (χ4v) is 2.84. The number of Topliss-reactive ketones (excluding diaryl/α,β-unsaturated/α-hetero) is 1. The van der Waals surface area contributed by atoms with Crippen LogP contribution in [0.25, 0.3) is 5.76 Å². The second kappa shape index (κ2) is 6.88. The van der Waals surface area contributed by atoms with Gasteiger partial charge in [-0.25, -0.2) is 0 Å². The number of carbonyl (C=O) groups excluding carboxylic acids is 3. The summed E-state index contributed by atoms with van der Waals surface area (Å²) in [6.45, 7) is 7.88. The lowest BCUT2D eigenvalue weighted by atomic mass is 9.70. The molecule has 1 amide bonds. The first kappa shape index (κ1) is 20.2. The maximum atomic E-state index is 12.9. The Balaban J connectivity index is 2.35. The monoisotopic (exact) mass is 370 g/mol. The molecule has 0 fully saturated rings. The van der Waals surface area contributed by atoms with E-state index in [0.29, 0.717) is 16.7 Å². The molecule has 7 nitrogen and oxygen atoms in total. The quantitative estimate of drug-likeness (QED) is 0.622. The molecule has 0 bridgehead atoms. The molecule has 1 aliphatic carbocycles. The van der Waals surface area contributed by atoms with Gasteiger partial charge in [-0.1, -0.05) is 0 Å². The molecule has 0 spiro atoms. The Kier molecular flexibility index (Phi) is 5.14. The third-order valence-electron chi connectivity index (χ3n) is 4.15. The molecule has 2 rings (SSSR count). The standard InChI is InChI=1S/C20H22N2O5/c1-19(2,3)27-14(23)10-22-18(26)15-16(24)12-7-6-11(9-21)8-13(12)20(4,5)17(15)25/h6-8,24H,10H2,1-5H3,(H,22,26). The van der Waals surface area contributed by atoms with Gasteiger partial charge in [0.15, 0.2) is 5.78 Å². The van der Waals surface area contributed by atoms with Crippen molar-refractivity contribution >= 4 is 23.4 Å². The van der Waals surface area contributed by atoms with Crippen molar-refractivity contribution in [2.75, 3.05) is 6.54 Å². The van der Waals surface area contributed by atoms with Crippen LogP contribution >= 0.6 is 0 Å². The van der Waals surface area contributed by atoms with Crippen molar-refractivity contribution in [1.82, 2.24) is 5.32 Å². The molecule has 7 heteroatoms. The number of rotatable bonds is 3. The average Bonchev–Trinajstić information content (AvgIpc) is 2.56. The number of fused-ring (bicyclic) bond motifs is 1. The Labute approximate surface area is 157 Å². The predicted octanol–water partition coefficient (Wildman–Crippen LogP) is 2.15. The minimum atomic E-state index is -1.12. The number of amides is 1. The van der Waals surface area contributed by atoms with Crippen molar-refractivity contribution in [3.8, 4) is 6.07 Å². The molecule has 2 N–H and O–H groups in total. The van der Waals surface area contributed by atoms with E-state index in [4.69, 9.17) is 10.00 Å². The van der Waals surface area contributed by atoms with E-state index >= 15 is 0 Å². The number of hydrogen-bond acceptors (Lipinski definition) is 6. The zero-order chi connectivity index (χ0) is 20.6. The topological polar surface area (TPSA) is 116 Å². The molecular weight excluding hydrogens is 348 g/mol. The average molecular weight is 370 g/mol. The van der Waals surface area contributed by atoms with Crippen LogP contribution in [0.2, 0.25) is 0 Å². The summed E-state index contributed by atoms with van der Waals surface area (Å²) < 4.78 is 5.10. The Morgan fingerprint density at radius 1 is 1.30 bits per heavy atom. The fraction of sp³-hybridized carbons (Fsp3) is 0.400. The first-order chi connectivity index (χ1) is 12.4. The normalized spacial score (nSPS) is 15.6. The number of nitrogens with one attached hydrogen (secondary N) is 1. The summed E-state index contributed by atoms with van der Waals surface area (Å²) in [6.07, 6.45) is 0. The highest BCUT2D eigenvalue weighted by Gasteiger charge is 2.43. The van der Waals surface area contributed by atoms with Crippen LogP contribution in [-0.4, -0.2) is 34.9 Å². The number of carbonyl (C=O) groups is 3. The van der Waals surface area contributed by atoms with Gasteiger partial charge in [-0.15, -0.1) is 0 Å². The first-order valence-electron chi connectivity index (χ1n) is 8.41. The van der Waals surface area contributed by atoms with Crippen molar-refractivity contribution in [3.05, 3.63) is 40.5 Å². The van der Waals surface area contributed by atoms with E-state index in [1.807, 2.05) is 6.07 Å². The number of nitrogens with zero attached hydrogens (tertiary/aromatic N) is 1. The maximum absolute atomic E-state index is 12.9. The lowest BCUT2D eigenvalue weighted by Gasteiger charge is -2.32. The summed E-state index contributed by atoms with van der Waals surface area (Å²) in [4.78, 5) is 37.1. The number of esters is 1. The van der Waals surface area contributed by atoms with Crippen molar-refractivity contribution in [3.63, 3.8) is 0 Å². The van der Waals surface area contributed by atoms with Gasteiger partial charge in [0, 0.05) is 5.56 Å². The van der Waals surface area contributed by atoms with E-state index in [0.717, 1.165) is 0 Å². The van der Waals surface area contributed by atoms with E-state index in [1.165, 1.54) is 18.2 Å². The lowest BCUT2D eigenvalue weighted by molar-refractivity contribution is -0.154. The first-order valence-corrected chi connectivity index (χ1v) is 8.41. The van der Waals surface area contributed by atoms with Crippen molar-refractivity contribution in [1.29, 1.82) is 5.26 Å². The number of aliphatic hydroxyl groups excluding tert-OH is 1. The summed E-state index contributed by atoms with van der Waals surface area (Å²) in [7, 11) is 0. The van der Waals surface area contributed by atoms with E-state index in [-0.39, 0.29) is 0 Å². The lowest BCUT2D eigenvalue weighted by Crippen LogP contribution is -2.43. The van der Waals surface area contributed by atoms with Crippen molar-refractivity contribution in [2.45, 2.75) is 45.6 Å². The van der Waals surface area contributed by atoms with Gasteiger partial charge in [-0.3, -0.25) is 14.4 Å². The van der Waals surface area contributed by atoms with Gasteiger partial charge < -0.3 is 15.2 Å². The number of nitriles is 1. The van der Waals surface area contributed by atoms with Gasteiger partial charge >= 0.3 is 5.97 Å². The Morgan fingerprint density at radius 2 is 1.93 bits per heavy atom. The van der Waals surface area contributed by atoms with Gasteiger partial charge in [-0.05, 0) is 58.4 Å². The predicted molar refractivity (Wildman–Crippen MR) is 97.6 cm³/mol. The minimum absolute atomic E-state index is 0.306. The van der Waals surface area contributed by atoms with Crippen LogP contribution in [0.1, 0.15) is 51.3 Å². The van der Waals surface area contributed by atoms with Crippen LogP contribution in [0.5, 0.6) is 0 Å². The third kappa shape index (κ3) is 4.00. The smallest absolute Gasteiger partial charge is 0.325 e. The van der Waals surface area contributed by atoms with Crippen molar-refractivity contribution in [2.24, 2.45) is 0 Å². The minimum Gasteiger partial charge on any atom is -0.506 e. The highest BCUT2D eigenvalue weighted by molar-refractivity contribution is 6.28. The fourth-order valence-electron chi connectivity index (χ4n) is 2.84. The summed E-state index contributed by atoms with van der Waals surface area (Å²) in [6, 6.07) is 6.51. The Morgan fingerprint density at radius 3 is 2.48 bits per heavy atom. The summed E-state index contributed by atoms with van der Waals surface area (Å²) in [5, 5.41) is 21.9. The van der Waals surface area contributed by atoms with Gasteiger partial charge in [0.05, 0.1) is 17.0 Å². The molecule has 27 heavy (non-hydrogen) atoms. The molecular formula is C20H22N2O5. The van der Waals surface area contributed by atoms with E-state index in [2.05, 4.69) is 5.32 Å². The Hall–Kier alpha value is -3.14. The maximum Gasteiger partial charge on any atom is 0.325 e. The molecule has 0 radical (unpaired) electrons. The zero-order valence-electron chi connectivity index (χ0n) is 16.0. The molecule has 0 unspecified atom stereocenters. The van der Waals surface area contributed by atoms with Crippen LogP contribution in [-0.2, 0) is 24.5 Å². The summed E-state index contributed by atoms with van der Waals surface area (Å²) >= 11 is 0. The van der Waals surface area contributed by atoms with Crippen molar-refractivity contribution < 1.29 is 24.2 Å². The molecule has 0 heterocycles. The van der Waals surface area contributed by atoms with Crippen LogP contribution in [0, 0.1) is 11.3 Å². The van der Waals surface area contributed by atoms with Crippen LogP contribution in [0.4, 0.5) is 0 Å². The van der Waals surface area contributed by atoms with Crippen LogP contribution in [0.3, 0.4) is 0 Å². The zero-order valence-corrected chi connectivity index (χ0v) is 16.0. The number of hydrogen-bond donors (Lipinski definition) is 2. The molecule has 142 valence electrons. The van der Waals surface area contributed by atoms with E-state index in [9.17, 15) is 19.5 Å². The second-order valence-corrected chi connectivity index (χ2v) is 7.82. The number of ketones is 1. The molecule has 0 saturated carbocycles. The SMILES string of the molecule is CC(C)(C)OC(=O)CNC(=O)C1=C(O)c2ccc(C#N)cc2C(C)(C)C1=O. The van der Waals surface area contributed by atoms with Crippen LogP contribution < -0.4 is 5.32 Å². The number of ether oxygens (including phenoxy) is 1. The van der Waals surface area contributed by atoms with Crippen LogP contribution in [0.15, 0.2) is 23.8 Å². The van der Waals surface area contributed by atoms with Gasteiger partial charge in [-0.2, -0.15) is 5.26 Å². The van der Waals surface area contributed by atoms with E-state index < -0.39 is 46.6 Å². The molecule has 1 aliphatic rings. The molecule has 0 aliphatic heterocycles.